The van der Waals surface area contributed by atoms with Gasteiger partial charge in [0.2, 0.25) is 0 Å². The van der Waals surface area contributed by atoms with Crippen LogP contribution in [0.2, 0.25) is 0 Å². The Balaban J connectivity index is 0.00000116. The molecule has 1 N–H and O–H groups in total. The van der Waals surface area contributed by atoms with Crippen molar-refractivity contribution in [1.82, 2.24) is 0 Å². The summed E-state index contributed by atoms with van der Waals surface area (Å²) in [6.07, 6.45) is 7.89. The molecule has 0 aromatic heterocycles. The lowest BCUT2D eigenvalue weighted by molar-refractivity contribution is -0.137. The van der Waals surface area contributed by atoms with Gasteiger partial charge in [-0.3, -0.25) is 0 Å². The van der Waals surface area contributed by atoms with Gasteiger partial charge < -0.3 is 14.6 Å². The number of esters is 1. The third kappa shape index (κ3) is 6.59. The molecule has 1 aromatic carbocycles. The van der Waals surface area contributed by atoms with Gasteiger partial charge in [0.1, 0.15) is 5.75 Å². The largest absolute Gasteiger partial charge is 0.493 e. The standard InChI is InChI=1S/C17H20O3.CH4O/c1-2-17(18)20-12-4-11-19-16-9-7-15(8-10-16)13-14-5-3-6-14;1-2/h2,7-10,13H,1,3-6,11-12H2;2H,1H3. The van der Waals surface area contributed by atoms with Crippen LogP contribution in [0.15, 0.2) is 42.5 Å². The zero-order valence-electron chi connectivity index (χ0n) is 13.1. The summed E-state index contributed by atoms with van der Waals surface area (Å²) in [5, 5.41) is 7.00. The first-order valence-electron chi connectivity index (χ1n) is 7.44. The Morgan fingerprint density at radius 3 is 2.45 bits per heavy atom. The maximum Gasteiger partial charge on any atom is 0.330 e. The number of carbonyl (C=O) groups excluding carboxylic acids is 1. The van der Waals surface area contributed by atoms with Crippen molar-refractivity contribution < 1.29 is 19.4 Å². The second-order valence-electron chi connectivity index (χ2n) is 4.80. The summed E-state index contributed by atoms with van der Waals surface area (Å²) < 4.78 is 10.4. The van der Waals surface area contributed by atoms with E-state index in [-0.39, 0.29) is 0 Å². The third-order valence-corrected chi connectivity index (χ3v) is 3.22. The molecule has 0 aliphatic heterocycles. The van der Waals surface area contributed by atoms with E-state index in [1.165, 1.54) is 30.4 Å². The minimum atomic E-state index is -0.390. The van der Waals surface area contributed by atoms with E-state index in [1.54, 1.807) is 0 Å². The van der Waals surface area contributed by atoms with E-state index >= 15 is 0 Å². The Hall–Kier alpha value is -2.07. The molecule has 4 heteroatoms. The van der Waals surface area contributed by atoms with Crippen molar-refractivity contribution in [3.05, 3.63) is 48.1 Å². The molecule has 1 fully saturated rings. The van der Waals surface area contributed by atoms with Gasteiger partial charge in [-0.2, -0.15) is 0 Å². The van der Waals surface area contributed by atoms with Gasteiger partial charge in [-0.1, -0.05) is 30.4 Å². The van der Waals surface area contributed by atoms with Crippen LogP contribution in [0.3, 0.4) is 0 Å². The molecule has 1 saturated carbocycles. The topological polar surface area (TPSA) is 55.8 Å². The number of hydrogen-bond acceptors (Lipinski definition) is 4. The predicted octanol–water partition coefficient (Wildman–Crippen LogP) is 3.36. The number of carbonyl (C=O) groups is 1. The van der Waals surface area contributed by atoms with Crippen LogP contribution in [0.1, 0.15) is 31.2 Å². The molecular weight excluding hydrogens is 280 g/mol. The number of aliphatic hydroxyl groups excluding tert-OH is 1. The monoisotopic (exact) mass is 304 g/mol. The highest BCUT2D eigenvalue weighted by molar-refractivity contribution is 5.81. The molecule has 1 aliphatic rings. The van der Waals surface area contributed by atoms with Crippen molar-refractivity contribution in [2.24, 2.45) is 0 Å². The van der Waals surface area contributed by atoms with Crippen molar-refractivity contribution >= 4 is 12.0 Å². The first-order chi connectivity index (χ1) is 10.8. The predicted molar refractivity (Wildman–Crippen MR) is 87.7 cm³/mol. The summed E-state index contributed by atoms with van der Waals surface area (Å²) >= 11 is 0. The van der Waals surface area contributed by atoms with Crippen LogP contribution < -0.4 is 4.74 Å². The van der Waals surface area contributed by atoms with Gasteiger partial charge in [0.25, 0.3) is 0 Å². The second kappa shape index (κ2) is 10.6. The molecule has 0 saturated heterocycles. The van der Waals surface area contributed by atoms with Gasteiger partial charge in [-0.25, -0.2) is 4.79 Å². The lowest BCUT2D eigenvalue weighted by atomic mass is 9.91. The summed E-state index contributed by atoms with van der Waals surface area (Å²) in [4.78, 5) is 10.8. The molecule has 0 amide bonds. The summed E-state index contributed by atoms with van der Waals surface area (Å²) in [7, 11) is 1.00. The van der Waals surface area contributed by atoms with Gasteiger partial charge in [0.15, 0.2) is 0 Å². The molecule has 0 atom stereocenters. The molecule has 1 aliphatic carbocycles. The van der Waals surface area contributed by atoms with Gasteiger partial charge >= 0.3 is 5.97 Å². The van der Waals surface area contributed by atoms with E-state index in [4.69, 9.17) is 14.6 Å². The Bertz CT molecular complexity index is 482. The number of rotatable bonds is 7. The van der Waals surface area contributed by atoms with E-state index < -0.39 is 5.97 Å². The van der Waals surface area contributed by atoms with Crippen LogP contribution in [0.5, 0.6) is 5.75 Å². The molecule has 4 nitrogen and oxygen atoms in total. The molecule has 2 rings (SSSR count). The molecule has 1 aromatic rings. The Kier molecular flexibility index (Phi) is 8.69. The summed E-state index contributed by atoms with van der Waals surface area (Å²) in [5.74, 6) is 0.453. The average Bonchev–Trinajstić information content (AvgIpc) is 2.53. The third-order valence-electron chi connectivity index (χ3n) is 3.22. The second-order valence-corrected chi connectivity index (χ2v) is 4.80. The van der Waals surface area contributed by atoms with Gasteiger partial charge in [-0.05, 0) is 37.0 Å². The van der Waals surface area contributed by atoms with Crippen LogP contribution in [-0.4, -0.2) is 31.4 Å². The van der Waals surface area contributed by atoms with Crippen LogP contribution in [0.25, 0.3) is 6.08 Å². The molecule has 0 bridgehead atoms. The minimum Gasteiger partial charge on any atom is -0.493 e. The Labute approximate surface area is 132 Å². The molecule has 0 spiro atoms. The maximum absolute atomic E-state index is 10.8. The first-order valence-corrected chi connectivity index (χ1v) is 7.44. The first kappa shape index (κ1) is 18.0. The average molecular weight is 304 g/mol. The number of allylic oxidation sites excluding steroid dienone is 1. The fourth-order valence-corrected chi connectivity index (χ4v) is 1.90. The SMILES string of the molecule is C=CC(=O)OCCCOc1ccc(C=C2CCC2)cc1.CO. The molecule has 120 valence electrons. The van der Waals surface area contributed by atoms with Crippen molar-refractivity contribution in [3.63, 3.8) is 0 Å². The lowest BCUT2D eigenvalue weighted by Crippen LogP contribution is -2.06. The molecule has 0 radical (unpaired) electrons. The van der Waals surface area contributed by atoms with Crippen molar-refractivity contribution in [1.29, 1.82) is 0 Å². The van der Waals surface area contributed by atoms with E-state index in [1.807, 2.05) is 12.1 Å². The van der Waals surface area contributed by atoms with E-state index in [0.29, 0.717) is 19.6 Å². The van der Waals surface area contributed by atoms with Crippen molar-refractivity contribution in [2.75, 3.05) is 20.3 Å². The molecule has 0 heterocycles. The highest BCUT2D eigenvalue weighted by Crippen LogP contribution is 2.27. The van der Waals surface area contributed by atoms with Crippen LogP contribution in [0.4, 0.5) is 0 Å². The van der Waals surface area contributed by atoms with Crippen molar-refractivity contribution in [2.45, 2.75) is 25.7 Å². The number of hydrogen-bond donors (Lipinski definition) is 1. The lowest BCUT2D eigenvalue weighted by Gasteiger charge is -2.15. The van der Waals surface area contributed by atoms with E-state index in [9.17, 15) is 4.79 Å². The molecular formula is C18H24O4. The van der Waals surface area contributed by atoms with Gasteiger partial charge in [0, 0.05) is 19.6 Å². The van der Waals surface area contributed by atoms with Crippen LogP contribution in [-0.2, 0) is 9.53 Å². The van der Waals surface area contributed by atoms with Gasteiger partial charge in [0.05, 0.1) is 13.2 Å². The smallest absolute Gasteiger partial charge is 0.330 e. The zero-order chi connectivity index (χ0) is 16.2. The zero-order valence-corrected chi connectivity index (χ0v) is 13.1. The normalized spacial score (nSPS) is 12.4. The number of ether oxygens (including phenoxy) is 2. The highest BCUT2D eigenvalue weighted by atomic mass is 16.5. The number of benzene rings is 1. The van der Waals surface area contributed by atoms with Crippen LogP contribution in [0, 0.1) is 0 Å². The van der Waals surface area contributed by atoms with Crippen LogP contribution >= 0.6 is 0 Å². The van der Waals surface area contributed by atoms with Crippen molar-refractivity contribution in [3.8, 4) is 5.75 Å². The summed E-state index contributed by atoms with van der Waals surface area (Å²) in [6.45, 7) is 4.22. The van der Waals surface area contributed by atoms with E-state index in [0.717, 1.165) is 18.9 Å². The quantitative estimate of drug-likeness (QED) is 0.477. The highest BCUT2D eigenvalue weighted by Gasteiger charge is 2.07. The summed E-state index contributed by atoms with van der Waals surface area (Å²) in [5.41, 5.74) is 2.76. The summed E-state index contributed by atoms with van der Waals surface area (Å²) in [6, 6.07) is 8.08. The molecule has 0 unspecified atom stereocenters. The van der Waals surface area contributed by atoms with E-state index in [2.05, 4.69) is 24.8 Å². The minimum absolute atomic E-state index is 0.356. The fourth-order valence-electron chi connectivity index (χ4n) is 1.90. The Morgan fingerprint density at radius 2 is 1.91 bits per heavy atom. The fraction of sp³-hybridized carbons (Fsp3) is 0.389. The van der Waals surface area contributed by atoms with Gasteiger partial charge in [-0.15, -0.1) is 0 Å². The maximum atomic E-state index is 10.8. The Morgan fingerprint density at radius 1 is 1.23 bits per heavy atom. The number of aliphatic hydroxyl groups is 1. The molecule has 22 heavy (non-hydrogen) atoms.